The Kier molecular flexibility index (Phi) is 4.59. The van der Waals surface area contributed by atoms with Gasteiger partial charge < -0.3 is 18.1 Å². The zero-order valence-corrected chi connectivity index (χ0v) is 16.8. The Hall–Kier alpha value is -4.20. The Labute approximate surface area is 176 Å². The van der Waals surface area contributed by atoms with Gasteiger partial charge in [0.2, 0.25) is 0 Å². The number of ether oxygens (including phenoxy) is 1. The second-order valence-electron chi connectivity index (χ2n) is 7.01. The number of aromatic nitrogens is 3. The lowest BCUT2D eigenvalue weighted by Crippen LogP contribution is -2.05. The van der Waals surface area contributed by atoms with Gasteiger partial charge in [-0.2, -0.15) is 0 Å². The molecule has 8 nitrogen and oxygen atoms in total. The van der Waals surface area contributed by atoms with Crippen molar-refractivity contribution in [3.05, 3.63) is 77.6 Å². The topological polar surface area (TPSA) is 104 Å². The minimum absolute atomic E-state index is 0.144. The van der Waals surface area contributed by atoms with E-state index in [-0.39, 0.29) is 12.5 Å². The molecule has 5 aromatic rings. The van der Waals surface area contributed by atoms with Crippen molar-refractivity contribution in [2.75, 3.05) is 0 Å². The van der Waals surface area contributed by atoms with E-state index in [1.807, 2.05) is 50.2 Å². The van der Waals surface area contributed by atoms with Crippen LogP contribution in [-0.4, -0.2) is 21.3 Å². The smallest absolute Gasteiger partial charge is 0.338 e. The number of aryl methyl sites for hydroxylation is 2. The highest BCUT2D eigenvalue weighted by Crippen LogP contribution is 2.29. The van der Waals surface area contributed by atoms with Gasteiger partial charge in [0.1, 0.15) is 17.0 Å². The first-order chi connectivity index (χ1) is 15.1. The van der Waals surface area contributed by atoms with Crippen LogP contribution in [0, 0.1) is 13.8 Å². The van der Waals surface area contributed by atoms with E-state index in [0.717, 1.165) is 16.7 Å². The van der Waals surface area contributed by atoms with Crippen LogP contribution in [0.5, 0.6) is 0 Å². The fourth-order valence-electron chi connectivity index (χ4n) is 3.34. The van der Waals surface area contributed by atoms with E-state index in [4.69, 9.17) is 18.1 Å². The summed E-state index contributed by atoms with van der Waals surface area (Å²) in [5.74, 6) is 2.02. The Morgan fingerprint density at radius 1 is 1.00 bits per heavy atom. The Morgan fingerprint density at radius 2 is 1.84 bits per heavy atom. The summed E-state index contributed by atoms with van der Waals surface area (Å²) in [5, 5.41) is 12.7. The fraction of sp³-hybridized carbons (Fsp3) is 0.130. The van der Waals surface area contributed by atoms with Gasteiger partial charge in [-0.15, -0.1) is 10.2 Å². The number of benzene rings is 2. The third kappa shape index (κ3) is 3.59. The van der Waals surface area contributed by atoms with Gasteiger partial charge in [0, 0.05) is 5.56 Å². The molecule has 3 heterocycles. The minimum atomic E-state index is -0.516. The predicted molar refractivity (Wildman–Crippen MR) is 110 cm³/mol. The van der Waals surface area contributed by atoms with Crippen molar-refractivity contribution < 1.29 is 22.9 Å². The van der Waals surface area contributed by atoms with Crippen LogP contribution < -0.4 is 0 Å². The maximum absolute atomic E-state index is 12.6. The molecule has 5 rings (SSSR count). The molecule has 0 radical (unpaired) electrons. The van der Waals surface area contributed by atoms with E-state index in [2.05, 4.69) is 15.4 Å². The molecule has 0 N–H and O–H groups in total. The van der Waals surface area contributed by atoms with E-state index in [9.17, 15) is 4.79 Å². The summed E-state index contributed by atoms with van der Waals surface area (Å²) < 4.78 is 21.9. The first-order valence-electron chi connectivity index (χ1n) is 9.60. The van der Waals surface area contributed by atoms with Crippen LogP contribution in [0.1, 0.15) is 27.8 Å². The fourth-order valence-corrected chi connectivity index (χ4v) is 3.34. The van der Waals surface area contributed by atoms with Gasteiger partial charge in [-0.25, -0.2) is 4.79 Å². The van der Waals surface area contributed by atoms with Gasteiger partial charge in [0.05, 0.1) is 16.5 Å². The standard InChI is InChI=1S/C23H17N3O5/c1-13-10-17(14(2)29-13)22-25-24-20(30-22)12-28-23(27)16-8-9-19-18(11-16)21(31-26-19)15-6-4-3-5-7-15/h3-11H,12H2,1-2H3. The van der Waals surface area contributed by atoms with Gasteiger partial charge >= 0.3 is 5.97 Å². The summed E-state index contributed by atoms with van der Waals surface area (Å²) in [6.45, 7) is 3.51. The lowest BCUT2D eigenvalue weighted by Gasteiger charge is -2.02. The molecule has 2 aromatic carbocycles. The summed E-state index contributed by atoms with van der Waals surface area (Å²) in [5.41, 5.74) is 2.62. The molecule has 0 saturated heterocycles. The molecule has 8 heteroatoms. The molecule has 0 aliphatic rings. The van der Waals surface area contributed by atoms with Crippen LogP contribution in [0.25, 0.3) is 33.7 Å². The van der Waals surface area contributed by atoms with E-state index in [1.54, 1.807) is 18.2 Å². The van der Waals surface area contributed by atoms with Gasteiger partial charge in [-0.1, -0.05) is 35.5 Å². The highest BCUT2D eigenvalue weighted by molar-refractivity contribution is 5.98. The molecular formula is C23H17N3O5. The quantitative estimate of drug-likeness (QED) is 0.365. The molecule has 0 amide bonds. The molecule has 0 aliphatic carbocycles. The maximum atomic E-state index is 12.6. The number of fused-ring (bicyclic) bond motifs is 1. The second kappa shape index (κ2) is 7.56. The number of carbonyl (C=O) groups is 1. The highest BCUT2D eigenvalue weighted by atomic mass is 16.5. The Balaban J connectivity index is 1.33. The zero-order valence-electron chi connectivity index (χ0n) is 16.8. The first-order valence-corrected chi connectivity index (χ1v) is 9.60. The number of furan rings is 1. The van der Waals surface area contributed by atoms with Crippen molar-refractivity contribution in [2.24, 2.45) is 0 Å². The van der Waals surface area contributed by atoms with Gasteiger partial charge in [-0.3, -0.25) is 0 Å². The van der Waals surface area contributed by atoms with Crippen molar-refractivity contribution in [3.63, 3.8) is 0 Å². The predicted octanol–water partition coefficient (Wildman–Crippen LogP) is 5.11. The van der Waals surface area contributed by atoms with Crippen LogP contribution in [0.15, 0.2) is 68.0 Å². The van der Waals surface area contributed by atoms with Gasteiger partial charge in [0.15, 0.2) is 12.4 Å². The molecule has 3 aromatic heterocycles. The molecule has 0 aliphatic heterocycles. The number of esters is 1. The Morgan fingerprint density at radius 3 is 2.61 bits per heavy atom. The molecule has 0 spiro atoms. The summed E-state index contributed by atoms with van der Waals surface area (Å²) in [7, 11) is 0. The molecular weight excluding hydrogens is 398 g/mol. The first kappa shape index (κ1) is 18.8. The summed E-state index contributed by atoms with van der Waals surface area (Å²) in [4.78, 5) is 12.6. The van der Waals surface area contributed by atoms with Crippen LogP contribution >= 0.6 is 0 Å². The van der Waals surface area contributed by atoms with Crippen LogP contribution in [0.4, 0.5) is 0 Å². The monoisotopic (exact) mass is 415 g/mol. The highest BCUT2D eigenvalue weighted by Gasteiger charge is 2.18. The van der Waals surface area contributed by atoms with E-state index in [1.165, 1.54) is 0 Å². The third-order valence-corrected chi connectivity index (χ3v) is 4.81. The molecule has 0 atom stereocenters. The number of nitrogens with zero attached hydrogens (tertiary/aromatic N) is 3. The number of hydrogen-bond acceptors (Lipinski definition) is 8. The lowest BCUT2D eigenvalue weighted by atomic mass is 10.1. The molecule has 0 bridgehead atoms. The van der Waals surface area contributed by atoms with Gasteiger partial charge in [0.25, 0.3) is 11.8 Å². The third-order valence-electron chi connectivity index (χ3n) is 4.81. The van der Waals surface area contributed by atoms with E-state index < -0.39 is 5.97 Å². The average molecular weight is 415 g/mol. The lowest BCUT2D eigenvalue weighted by molar-refractivity contribution is 0.0439. The van der Waals surface area contributed by atoms with Crippen molar-refractivity contribution in [2.45, 2.75) is 20.5 Å². The normalized spacial score (nSPS) is 11.2. The molecule has 31 heavy (non-hydrogen) atoms. The largest absolute Gasteiger partial charge is 0.466 e. The van der Waals surface area contributed by atoms with Gasteiger partial charge in [-0.05, 0) is 38.1 Å². The minimum Gasteiger partial charge on any atom is -0.466 e. The van der Waals surface area contributed by atoms with Crippen molar-refractivity contribution in [3.8, 4) is 22.8 Å². The van der Waals surface area contributed by atoms with Crippen LogP contribution in [0.2, 0.25) is 0 Å². The van der Waals surface area contributed by atoms with Crippen molar-refractivity contribution in [1.82, 2.24) is 15.4 Å². The summed E-state index contributed by atoms with van der Waals surface area (Å²) in [6, 6.07) is 16.4. The number of carbonyl (C=O) groups excluding carboxylic acids is 1. The zero-order chi connectivity index (χ0) is 21.4. The Bertz CT molecular complexity index is 1380. The molecule has 154 valence electrons. The summed E-state index contributed by atoms with van der Waals surface area (Å²) >= 11 is 0. The number of rotatable bonds is 5. The summed E-state index contributed by atoms with van der Waals surface area (Å²) in [6.07, 6.45) is 0. The van der Waals surface area contributed by atoms with E-state index in [0.29, 0.717) is 34.1 Å². The maximum Gasteiger partial charge on any atom is 0.338 e. The van der Waals surface area contributed by atoms with E-state index >= 15 is 0 Å². The van der Waals surface area contributed by atoms with Crippen molar-refractivity contribution >= 4 is 16.9 Å². The number of hydrogen-bond donors (Lipinski definition) is 0. The average Bonchev–Trinajstić information content (AvgIpc) is 3.50. The van der Waals surface area contributed by atoms with Crippen LogP contribution in [0.3, 0.4) is 0 Å². The second-order valence-corrected chi connectivity index (χ2v) is 7.01. The SMILES string of the molecule is Cc1cc(-c2nnc(COC(=O)c3ccc4noc(-c5ccccc5)c4c3)o2)c(C)o1. The van der Waals surface area contributed by atoms with Crippen molar-refractivity contribution in [1.29, 1.82) is 0 Å². The van der Waals surface area contributed by atoms with Crippen LogP contribution in [-0.2, 0) is 11.3 Å². The molecule has 0 saturated carbocycles. The molecule has 0 unspecified atom stereocenters. The molecule has 0 fully saturated rings.